The molecule has 0 spiro atoms. The van der Waals surface area contributed by atoms with Crippen LogP contribution in [0.15, 0.2) is 30.3 Å². The molecule has 17 heavy (non-hydrogen) atoms. The van der Waals surface area contributed by atoms with Crippen LogP contribution in [-0.2, 0) is 7.05 Å². The van der Waals surface area contributed by atoms with Gasteiger partial charge in [-0.15, -0.1) is 0 Å². The highest BCUT2D eigenvalue weighted by molar-refractivity contribution is 6.30. The van der Waals surface area contributed by atoms with E-state index in [9.17, 15) is 0 Å². The van der Waals surface area contributed by atoms with Gasteiger partial charge < -0.3 is 5.32 Å². The number of aromatic nitrogens is 2. The smallest absolute Gasteiger partial charge is 0.0746 e. The summed E-state index contributed by atoms with van der Waals surface area (Å²) in [4.78, 5) is 0. The molecule has 0 saturated heterocycles. The summed E-state index contributed by atoms with van der Waals surface area (Å²) in [6.07, 6.45) is 0. The Morgan fingerprint density at radius 3 is 2.65 bits per heavy atom. The van der Waals surface area contributed by atoms with Gasteiger partial charge in [0.05, 0.1) is 17.4 Å². The maximum atomic E-state index is 6.03. The third-order valence-corrected chi connectivity index (χ3v) is 3.04. The van der Waals surface area contributed by atoms with Crippen molar-refractivity contribution in [3.05, 3.63) is 52.3 Å². The zero-order valence-corrected chi connectivity index (χ0v) is 11.0. The summed E-state index contributed by atoms with van der Waals surface area (Å²) in [6.45, 7) is 1.99. The van der Waals surface area contributed by atoms with E-state index < -0.39 is 0 Å². The van der Waals surface area contributed by atoms with Crippen molar-refractivity contribution in [1.82, 2.24) is 15.1 Å². The van der Waals surface area contributed by atoms with Crippen LogP contribution in [0.2, 0.25) is 5.02 Å². The summed E-state index contributed by atoms with van der Waals surface area (Å²) >= 11 is 6.03. The van der Waals surface area contributed by atoms with Crippen LogP contribution in [0.4, 0.5) is 0 Å². The van der Waals surface area contributed by atoms with E-state index in [-0.39, 0.29) is 6.04 Å². The van der Waals surface area contributed by atoms with E-state index in [1.54, 1.807) is 0 Å². The van der Waals surface area contributed by atoms with E-state index in [2.05, 4.69) is 22.5 Å². The van der Waals surface area contributed by atoms with Gasteiger partial charge in [0, 0.05) is 12.1 Å². The number of hydrogen-bond donors (Lipinski definition) is 1. The standard InChI is InChI=1S/C13H16ClN3/c1-9-7-12(17(3)16-9)13(15-2)10-5-4-6-11(14)8-10/h4-8,13,15H,1-3H3. The third kappa shape index (κ3) is 2.51. The summed E-state index contributed by atoms with van der Waals surface area (Å²) in [5.74, 6) is 0. The van der Waals surface area contributed by atoms with Gasteiger partial charge in [-0.1, -0.05) is 23.7 Å². The van der Waals surface area contributed by atoms with Crippen LogP contribution in [0.1, 0.15) is 23.0 Å². The molecular weight excluding hydrogens is 234 g/mol. The van der Waals surface area contributed by atoms with Crippen molar-refractivity contribution >= 4 is 11.6 Å². The second-order valence-corrected chi connectivity index (χ2v) is 4.55. The van der Waals surface area contributed by atoms with Crippen molar-refractivity contribution in [3.8, 4) is 0 Å². The molecule has 0 bridgehead atoms. The highest BCUT2D eigenvalue weighted by atomic mass is 35.5. The third-order valence-electron chi connectivity index (χ3n) is 2.80. The minimum Gasteiger partial charge on any atom is -0.308 e. The lowest BCUT2D eigenvalue weighted by atomic mass is 10.0. The van der Waals surface area contributed by atoms with Crippen molar-refractivity contribution in [3.63, 3.8) is 0 Å². The highest BCUT2D eigenvalue weighted by Crippen LogP contribution is 2.24. The van der Waals surface area contributed by atoms with Crippen LogP contribution < -0.4 is 5.32 Å². The van der Waals surface area contributed by atoms with Gasteiger partial charge in [0.2, 0.25) is 0 Å². The predicted molar refractivity (Wildman–Crippen MR) is 70.3 cm³/mol. The van der Waals surface area contributed by atoms with E-state index in [0.717, 1.165) is 22.0 Å². The fourth-order valence-corrected chi connectivity index (χ4v) is 2.27. The Kier molecular flexibility index (Phi) is 3.50. The fraction of sp³-hybridized carbons (Fsp3) is 0.308. The predicted octanol–water partition coefficient (Wildman–Crippen LogP) is 2.69. The molecule has 1 N–H and O–H groups in total. The molecule has 0 aliphatic carbocycles. The van der Waals surface area contributed by atoms with Crippen LogP contribution in [0.5, 0.6) is 0 Å². The molecule has 0 aliphatic rings. The van der Waals surface area contributed by atoms with Crippen LogP contribution in [0.3, 0.4) is 0 Å². The molecule has 1 atom stereocenters. The lowest BCUT2D eigenvalue weighted by molar-refractivity contribution is 0.605. The van der Waals surface area contributed by atoms with Crippen LogP contribution in [0, 0.1) is 6.92 Å². The monoisotopic (exact) mass is 249 g/mol. The van der Waals surface area contributed by atoms with Crippen LogP contribution >= 0.6 is 11.6 Å². The molecule has 0 amide bonds. The first-order valence-corrected chi connectivity index (χ1v) is 5.93. The highest BCUT2D eigenvalue weighted by Gasteiger charge is 2.16. The minimum atomic E-state index is 0.111. The molecule has 0 saturated carbocycles. The summed E-state index contributed by atoms with van der Waals surface area (Å²) in [5, 5.41) is 8.42. The summed E-state index contributed by atoms with van der Waals surface area (Å²) in [6, 6.07) is 10.1. The van der Waals surface area contributed by atoms with E-state index in [1.165, 1.54) is 0 Å². The van der Waals surface area contributed by atoms with Gasteiger partial charge in [-0.25, -0.2) is 0 Å². The molecule has 1 heterocycles. The van der Waals surface area contributed by atoms with Crippen molar-refractivity contribution in [1.29, 1.82) is 0 Å². The average molecular weight is 250 g/mol. The molecule has 0 aliphatic heterocycles. The molecule has 3 nitrogen and oxygen atoms in total. The minimum absolute atomic E-state index is 0.111. The quantitative estimate of drug-likeness (QED) is 0.907. The normalized spacial score (nSPS) is 12.7. The lowest BCUT2D eigenvalue weighted by Crippen LogP contribution is -2.20. The Morgan fingerprint density at radius 2 is 2.12 bits per heavy atom. The Labute approximate surface area is 106 Å². The maximum absolute atomic E-state index is 6.03. The van der Waals surface area contributed by atoms with E-state index in [4.69, 9.17) is 11.6 Å². The second kappa shape index (κ2) is 4.90. The zero-order chi connectivity index (χ0) is 12.4. The summed E-state index contributed by atoms with van der Waals surface area (Å²) in [5.41, 5.74) is 3.29. The largest absolute Gasteiger partial charge is 0.308 e. The van der Waals surface area contributed by atoms with Crippen molar-refractivity contribution in [2.75, 3.05) is 7.05 Å². The molecule has 1 aromatic carbocycles. The Hall–Kier alpha value is -1.32. The molecule has 90 valence electrons. The Bertz CT molecular complexity index is 519. The second-order valence-electron chi connectivity index (χ2n) is 4.11. The van der Waals surface area contributed by atoms with Gasteiger partial charge in [0.25, 0.3) is 0 Å². The summed E-state index contributed by atoms with van der Waals surface area (Å²) < 4.78 is 1.90. The number of nitrogens with zero attached hydrogens (tertiary/aromatic N) is 2. The number of aryl methyl sites for hydroxylation is 2. The number of halogens is 1. The first kappa shape index (κ1) is 12.1. The average Bonchev–Trinajstić information content (AvgIpc) is 2.59. The molecule has 1 unspecified atom stereocenters. The molecule has 1 aromatic heterocycles. The SMILES string of the molecule is CNC(c1cccc(Cl)c1)c1cc(C)nn1C. The van der Waals surface area contributed by atoms with Crippen LogP contribution in [-0.4, -0.2) is 16.8 Å². The Morgan fingerprint density at radius 1 is 1.35 bits per heavy atom. The number of rotatable bonds is 3. The maximum Gasteiger partial charge on any atom is 0.0746 e. The number of benzene rings is 1. The lowest BCUT2D eigenvalue weighted by Gasteiger charge is -2.17. The van der Waals surface area contributed by atoms with E-state index in [1.807, 2.05) is 43.9 Å². The zero-order valence-electron chi connectivity index (χ0n) is 10.2. The van der Waals surface area contributed by atoms with E-state index >= 15 is 0 Å². The fourth-order valence-electron chi connectivity index (χ4n) is 2.07. The van der Waals surface area contributed by atoms with Gasteiger partial charge in [-0.2, -0.15) is 5.10 Å². The molecule has 2 aromatic rings. The van der Waals surface area contributed by atoms with Crippen molar-refractivity contribution < 1.29 is 0 Å². The molecule has 0 radical (unpaired) electrons. The first-order chi connectivity index (χ1) is 8.11. The topological polar surface area (TPSA) is 29.9 Å². The molecular formula is C13H16ClN3. The molecule has 4 heteroatoms. The van der Waals surface area contributed by atoms with Gasteiger partial charge >= 0.3 is 0 Å². The van der Waals surface area contributed by atoms with Gasteiger partial charge in [0.15, 0.2) is 0 Å². The number of nitrogens with one attached hydrogen (secondary N) is 1. The molecule has 2 rings (SSSR count). The molecule has 0 fully saturated rings. The van der Waals surface area contributed by atoms with E-state index in [0.29, 0.717) is 0 Å². The van der Waals surface area contributed by atoms with Gasteiger partial charge in [-0.3, -0.25) is 4.68 Å². The van der Waals surface area contributed by atoms with Gasteiger partial charge in [0.1, 0.15) is 0 Å². The summed E-state index contributed by atoms with van der Waals surface area (Å²) in [7, 11) is 3.89. The van der Waals surface area contributed by atoms with Crippen molar-refractivity contribution in [2.24, 2.45) is 7.05 Å². The van der Waals surface area contributed by atoms with Crippen molar-refractivity contribution in [2.45, 2.75) is 13.0 Å². The Balaban J connectivity index is 2.43. The van der Waals surface area contributed by atoms with Gasteiger partial charge in [-0.05, 0) is 37.7 Å². The number of hydrogen-bond acceptors (Lipinski definition) is 2. The van der Waals surface area contributed by atoms with Crippen LogP contribution in [0.25, 0.3) is 0 Å². The first-order valence-electron chi connectivity index (χ1n) is 5.55.